The summed E-state index contributed by atoms with van der Waals surface area (Å²) in [7, 11) is 0. The van der Waals surface area contributed by atoms with Gasteiger partial charge in [-0.05, 0) is 55.8 Å². The molecule has 0 aliphatic heterocycles. The first-order valence-corrected chi connectivity index (χ1v) is 12.3. The number of benzene rings is 1. The van der Waals surface area contributed by atoms with Gasteiger partial charge in [-0.25, -0.2) is 13.2 Å². The first-order valence-electron chi connectivity index (χ1n) is 12.3. The lowest BCUT2D eigenvalue weighted by Crippen LogP contribution is -2.26. The van der Waals surface area contributed by atoms with Crippen molar-refractivity contribution in [3.05, 3.63) is 29.6 Å². The number of unbranched alkanes of at least 4 members (excludes halogenated alkanes) is 2. The van der Waals surface area contributed by atoms with E-state index >= 15 is 0 Å². The summed E-state index contributed by atoms with van der Waals surface area (Å²) in [4.78, 5) is 12.0. The first-order chi connectivity index (χ1) is 15.0. The Labute approximate surface area is 184 Å². The van der Waals surface area contributed by atoms with Crippen LogP contribution in [0.25, 0.3) is 0 Å². The highest BCUT2D eigenvalue weighted by Gasteiger charge is 2.31. The smallest absolute Gasteiger partial charge is 0.311 e. The molecule has 0 bridgehead atoms. The second-order valence-electron chi connectivity index (χ2n) is 9.77. The fraction of sp³-hybridized carbons (Fsp3) is 0.731. The Kier molecular flexibility index (Phi) is 9.28. The van der Waals surface area contributed by atoms with Crippen LogP contribution in [-0.2, 0) is 4.79 Å². The molecule has 0 N–H and O–H groups in total. The van der Waals surface area contributed by atoms with E-state index in [1.807, 2.05) is 0 Å². The van der Waals surface area contributed by atoms with Crippen molar-refractivity contribution in [2.24, 2.45) is 23.7 Å². The molecule has 2 saturated carbocycles. The predicted octanol–water partition coefficient (Wildman–Crippen LogP) is 7.98. The van der Waals surface area contributed by atoms with Gasteiger partial charge in [-0.1, -0.05) is 58.3 Å². The molecule has 0 aromatic heterocycles. The Morgan fingerprint density at radius 1 is 0.839 bits per heavy atom. The van der Waals surface area contributed by atoms with Gasteiger partial charge >= 0.3 is 5.97 Å². The molecule has 31 heavy (non-hydrogen) atoms. The van der Waals surface area contributed by atoms with E-state index in [-0.39, 0.29) is 12.2 Å². The van der Waals surface area contributed by atoms with E-state index in [0.29, 0.717) is 18.1 Å². The minimum atomic E-state index is -1.55. The molecular weight excluding hydrogens is 401 g/mol. The highest BCUT2D eigenvalue weighted by atomic mass is 19.2. The maximum Gasteiger partial charge on any atom is 0.311 e. The molecule has 2 nitrogen and oxygen atoms in total. The number of ether oxygens (including phenoxy) is 1. The maximum atomic E-state index is 13.2. The number of rotatable bonds is 9. The van der Waals surface area contributed by atoms with Gasteiger partial charge < -0.3 is 4.74 Å². The summed E-state index contributed by atoms with van der Waals surface area (Å²) in [6.45, 7) is 2.27. The van der Waals surface area contributed by atoms with Crippen molar-refractivity contribution in [1.82, 2.24) is 0 Å². The van der Waals surface area contributed by atoms with Crippen LogP contribution in [-0.4, -0.2) is 5.97 Å². The average molecular weight is 439 g/mol. The van der Waals surface area contributed by atoms with Crippen LogP contribution in [0, 0.1) is 41.1 Å². The van der Waals surface area contributed by atoms with E-state index in [0.717, 1.165) is 37.0 Å². The minimum absolute atomic E-state index is 0.221. The highest BCUT2D eigenvalue weighted by molar-refractivity contribution is 5.72. The molecule has 0 radical (unpaired) electrons. The van der Waals surface area contributed by atoms with Gasteiger partial charge in [0, 0.05) is 18.6 Å². The molecule has 0 atom stereocenters. The summed E-state index contributed by atoms with van der Waals surface area (Å²) in [5.74, 6) is -1.87. The fourth-order valence-electron chi connectivity index (χ4n) is 5.68. The number of carbonyl (C=O) groups is 1. The summed E-state index contributed by atoms with van der Waals surface area (Å²) >= 11 is 0. The zero-order valence-corrected chi connectivity index (χ0v) is 18.8. The molecule has 2 fully saturated rings. The summed E-state index contributed by atoms with van der Waals surface area (Å²) in [6.07, 6.45) is 16.8. The van der Waals surface area contributed by atoms with Crippen molar-refractivity contribution < 1.29 is 22.7 Å². The SMILES string of the molecule is CCCCC[C@H]1CC[C@H]([C@H]2CC[C@H](CCC(=O)Oc3cc(F)c(F)c(F)c3)CC2)CC1. The minimum Gasteiger partial charge on any atom is -0.426 e. The molecule has 0 amide bonds. The Morgan fingerprint density at radius 2 is 1.35 bits per heavy atom. The topological polar surface area (TPSA) is 26.3 Å². The molecule has 0 heterocycles. The van der Waals surface area contributed by atoms with E-state index < -0.39 is 23.4 Å². The molecule has 2 aliphatic carbocycles. The Balaban J connectivity index is 1.33. The maximum absolute atomic E-state index is 13.2. The third-order valence-electron chi connectivity index (χ3n) is 7.61. The molecule has 2 aliphatic rings. The Morgan fingerprint density at radius 3 is 1.87 bits per heavy atom. The van der Waals surface area contributed by atoms with Gasteiger partial charge in [0.2, 0.25) is 0 Å². The molecule has 174 valence electrons. The van der Waals surface area contributed by atoms with Gasteiger partial charge in [0.1, 0.15) is 5.75 Å². The van der Waals surface area contributed by atoms with Crippen molar-refractivity contribution in [2.45, 2.75) is 96.8 Å². The van der Waals surface area contributed by atoms with Gasteiger partial charge in [-0.3, -0.25) is 4.79 Å². The van der Waals surface area contributed by atoms with E-state index in [2.05, 4.69) is 6.92 Å². The molecular formula is C26H37F3O2. The summed E-state index contributed by atoms with van der Waals surface area (Å²) in [6, 6.07) is 1.42. The highest BCUT2D eigenvalue weighted by Crippen LogP contribution is 2.43. The van der Waals surface area contributed by atoms with Crippen molar-refractivity contribution >= 4 is 5.97 Å². The predicted molar refractivity (Wildman–Crippen MR) is 116 cm³/mol. The van der Waals surface area contributed by atoms with E-state index in [4.69, 9.17) is 4.74 Å². The van der Waals surface area contributed by atoms with Crippen LogP contribution in [0.2, 0.25) is 0 Å². The second kappa shape index (κ2) is 11.9. The van der Waals surface area contributed by atoms with Crippen LogP contribution in [0.5, 0.6) is 5.75 Å². The number of hydrogen-bond acceptors (Lipinski definition) is 2. The van der Waals surface area contributed by atoms with Gasteiger partial charge in [-0.15, -0.1) is 0 Å². The van der Waals surface area contributed by atoms with Crippen LogP contribution < -0.4 is 4.74 Å². The third-order valence-corrected chi connectivity index (χ3v) is 7.61. The zero-order chi connectivity index (χ0) is 22.2. The van der Waals surface area contributed by atoms with Crippen molar-refractivity contribution in [1.29, 1.82) is 0 Å². The molecule has 1 aromatic rings. The molecule has 0 unspecified atom stereocenters. The largest absolute Gasteiger partial charge is 0.426 e. The molecule has 3 rings (SSSR count). The van der Waals surface area contributed by atoms with Crippen LogP contribution >= 0.6 is 0 Å². The molecule has 0 saturated heterocycles. The van der Waals surface area contributed by atoms with Crippen LogP contribution in [0.1, 0.15) is 96.8 Å². The lowest BCUT2D eigenvalue weighted by atomic mass is 9.68. The lowest BCUT2D eigenvalue weighted by molar-refractivity contribution is -0.134. The van der Waals surface area contributed by atoms with E-state index in [9.17, 15) is 18.0 Å². The second-order valence-corrected chi connectivity index (χ2v) is 9.77. The van der Waals surface area contributed by atoms with Gasteiger partial charge in [0.15, 0.2) is 17.5 Å². The van der Waals surface area contributed by atoms with Gasteiger partial charge in [0.05, 0.1) is 0 Å². The van der Waals surface area contributed by atoms with E-state index in [1.165, 1.54) is 64.2 Å². The third kappa shape index (κ3) is 7.25. The monoisotopic (exact) mass is 438 g/mol. The number of carbonyl (C=O) groups excluding carboxylic acids is 1. The van der Waals surface area contributed by atoms with Crippen LogP contribution in [0.3, 0.4) is 0 Å². The number of esters is 1. The summed E-state index contributed by atoms with van der Waals surface area (Å²) in [5, 5.41) is 0. The quantitative estimate of drug-likeness (QED) is 0.169. The van der Waals surface area contributed by atoms with Gasteiger partial charge in [0.25, 0.3) is 0 Å². The summed E-state index contributed by atoms with van der Waals surface area (Å²) < 4.78 is 44.5. The standard InChI is InChI=1S/C26H37F3O2/c1-2-3-4-5-18-6-11-20(12-7-18)21-13-8-19(9-14-21)10-15-25(30)31-22-16-23(27)26(29)24(28)17-22/h16-21H,2-15H2,1H3/t18-,19-,20-,21-. The molecule has 0 spiro atoms. The zero-order valence-electron chi connectivity index (χ0n) is 18.8. The normalized spacial score (nSPS) is 26.6. The Hall–Kier alpha value is -1.52. The molecule has 1 aromatic carbocycles. The lowest BCUT2D eigenvalue weighted by Gasteiger charge is -2.38. The van der Waals surface area contributed by atoms with Crippen molar-refractivity contribution in [3.63, 3.8) is 0 Å². The molecule has 5 heteroatoms. The first kappa shape index (κ1) is 24.1. The van der Waals surface area contributed by atoms with Crippen LogP contribution in [0.15, 0.2) is 12.1 Å². The van der Waals surface area contributed by atoms with Crippen molar-refractivity contribution in [3.8, 4) is 5.75 Å². The average Bonchev–Trinajstić information content (AvgIpc) is 2.77. The van der Waals surface area contributed by atoms with E-state index in [1.54, 1.807) is 0 Å². The number of hydrogen-bond donors (Lipinski definition) is 0. The fourth-order valence-corrected chi connectivity index (χ4v) is 5.68. The summed E-state index contributed by atoms with van der Waals surface area (Å²) in [5.41, 5.74) is 0. The Bertz CT molecular complexity index is 682. The van der Waals surface area contributed by atoms with Crippen molar-refractivity contribution in [2.75, 3.05) is 0 Å². The van der Waals surface area contributed by atoms with Crippen LogP contribution in [0.4, 0.5) is 13.2 Å². The van der Waals surface area contributed by atoms with Gasteiger partial charge in [-0.2, -0.15) is 0 Å². The number of halogens is 3.